The van der Waals surface area contributed by atoms with Gasteiger partial charge in [-0.2, -0.15) is 0 Å². The second kappa shape index (κ2) is 14.0. The molecule has 1 aromatic heterocycles. The zero-order chi connectivity index (χ0) is 23.3. The first-order chi connectivity index (χ1) is 15.4. The Hall–Kier alpha value is -2.25. The third kappa shape index (κ3) is 9.09. The van der Waals surface area contributed by atoms with Gasteiger partial charge in [0.2, 0.25) is 0 Å². The van der Waals surface area contributed by atoms with E-state index in [1.54, 1.807) is 22.9 Å². The Labute approximate surface area is 196 Å². The van der Waals surface area contributed by atoms with Crippen molar-refractivity contribution in [3.05, 3.63) is 54.5 Å². The fourth-order valence-corrected chi connectivity index (χ4v) is 4.16. The lowest BCUT2D eigenvalue weighted by Crippen LogP contribution is -2.43. The molecular weight excluding hydrogens is 424 g/mol. The molecule has 2 rings (SSSR count). The van der Waals surface area contributed by atoms with Crippen molar-refractivity contribution in [3.63, 3.8) is 0 Å². The van der Waals surface area contributed by atoms with E-state index in [4.69, 9.17) is 9.15 Å². The normalized spacial score (nSPS) is 13.0. The highest BCUT2D eigenvalue weighted by molar-refractivity contribution is 7.99. The summed E-state index contributed by atoms with van der Waals surface area (Å²) in [7, 11) is 1.81. The Balaban J connectivity index is 1.66. The molecule has 7 heteroatoms. The zero-order valence-corrected chi connectivity index (χ0v) is 20.4. The van der Waals surface area contributed by atoms with E-state index in [2.05, 4.69) is 19.2 Å². The SMILES string of the molecule is CC(C)C(NCCCC(C)N(C)C(=O)COc1ccccc1)C(=O)CSCc1ccco1. The van der Waals surface area contributed by atoms with Crippen molar-refractivity contribution in [3.8, 4) is 5.75 Å². The lowest BCUT2D eigenvalue weighted by atomic mass is 10.0. The Kier molecular flexibility index (Phi) is 11.4. The van der Waals surface area contributed by atoms with Crippen LogP contribution < -0.4 is 10.1 Å². The van der Waals surface area contributed by atoms with Gasteiger partial charge in [0.1, 0.15) is 11.5 Å². The Morgan fingerprint density at radius 3 is 2.53 bits per heavy atom. The van der Waals surface area contributed by atoms with Gasteiger partial charge in [0, 0.05) is 13.1 Å². The van der Waals surface area contributed by atoms with Gasteiger partial charge in [-0.1, -0.05) is 32.0 Å². The highest BCUT2D eigenvalue weighted by atomic mass is 32.2. The van der Waals surface area contributed by atoms with Crippen LogP contribution in [-0.4, -0.2) is 54.6 Å². The fourth-order valence-electron chi connectivity index (χ4n) is 3.32. The lowest BCUT2D eigenvalue weighted by Gasteiger charge is -2.26. The van der Waals surface area contributed by atoms with Crippen molar-refractivity contribution in [2.45, 2.75) is 51.4 Å². The molecule has 0 spiro atoms. The van der Waals surface area contributed by atoms with E-state index >= 15 is 0 Å². The largest absolute Gasteiger partial charge is 0.484 e. The molecule has 1 heterocycles. The summed E-state index contributed by atoms with van der Waals surface area (Å²) in [6, 6.07) is 13.1. The molecule has 1 aromatic carbocycles. The number of thioether (sulfide) groups is 1. The molecule has 176 valence electrons. The number of likely N-dealkylation sites (N-methyl/N-ethyl adjacent to an activating group) is 1. The molecule has 0 aliphatic rings. The fraction of sp³-hybridized carbons (Fsp3) is 0.520. The summed E-state index contributed by atoms with van der Waals surface area (Å²) >= 11 is 1.58. The molecule has 0 aliphatic heterocycles. The number of furan rings is 1. The number of rotatable bonds is 15. The minimum atomic E-state index is -0.159. The summed E-state index contributed by atoms with van der Waals surface area (Å²) in [5.41, 5.74) is 0. The van der Waals surface area contributed by atoms with E-state index in [1.165, 1.54) is 0 Å². The van der Waals surface area contributed by atoms with Crippen LogP contribution >= 0.6 is 11.8 Å². The van der Waals surface area contributed by atoms with E-state index < -0.39 is 0 Å². The predicted molar refractivity (Wildman–Crippen MR) is 130 cm³/mol. The summed E-state index contributed by atoms with van der Waals surface area (Å²) in [5.74, 6) is 3.15. The third-order valence-electron chi connectivity index (χ3n) is 5.41. The second-order valence-electron chi connectivity index (χ2n) is 8.31. The maximum atomic E-state index is 12.6. The molecule has 2 aromatic rings. The average molecular weight is 461 g/mol. The van der Waals surface area contributed by atoms with Crippen molar-refractivity contribution in [2.24, 2.45) is 5.92 Å². The molecule has 2 atom stereocenters. The van der Waals surface area contributed by atoms with Gasteiger partial charge in [-0.3, -0.25) is 9.59 Å². The lowest BCUT2D eigenvalue weighted by molar-refractivity contribution is -0.134. The van der Waals surface area contributed by atoms with Crippen LogP contribution in [0.2, 0.25) is 0 Å². The van der Waals surface area contributed by atoms with Gasteiger partial charge in [0.15, 0.2) is 12.4 Å². The van der Waals surface area contributed by atoms with Crippen molar-refractivity contribution in [1.29, 1.82) is 0 Å². The topological polar surface area (TPSA) is 71.8 Å². The molecule has 6 nitrogen and oxygen atoms in total. The van der Waals surface area contributed by atoms with Gasteiger partial charge in [-0.25, -0.2) is 0 Å². The van der Waals surface area contributed by atoms with E-state index in [9.17, 15) is 9.59 Å². The number of carbonyl (C=O) groups is 2. The summed E-state index contributed by atoms with van der Waals surface area (Å²) in [4.78, 5) is 26.8. The van der Waals surface area contributed by atoms with E-state index in [0.29, 0.717) is 17.3 Å². The van der Waals surface area contributed by atoms with Crippen LogP contribution in [0.1, 0.15) is 39.4 Å². The number of ether oxygens (including phenoxy) is 1. The highest BCUT2D eigenvalue weighted by Crippen LogP contribution is 2.15. The van der Waals surface area contributed by atoms with Crippen LogP contribution in [0.3, 0.4) is 0 Å². The van der Waals surface area contributed by atoms with Gasteiger partial charge in [-0.05, 0) is 56.5 Å². The smallest absolute Gasteiger partial charge is 0.260 e. The van der Waals surface area contributed by atoms with Gasteiger partial charge in [0.25, 0.3) is 5.91 Å². The average Bonchev–Trinajstić information content (AvgIpc) is 3.30. The van der Waals surface area contributed by atoms with E-state index in [-0.39, 0.29) is 36.3 Å². The quantitative estimate of drug-likeness (QED) is 0.397. The standard InChI is InChI=1S/C25H36N2O4S/c1-19(2)25(23(28)18-32-17-22-13-9-15-30-22)26-14-8-10-20(3)27(4)24(29)16-31-21-11-6-5-7-12-21/h5-7,9,11-13,15,19-20,25-26H,8,10,14,16-18H2,1-4H3. The van der Waals surface area contributed by atoms with Gasteiger partial charge in [-0.15, -0.1) is 11.8 Å². The number of nitrogens with zero attached hydrogens (tertiary/aromatic N) is 1. The zero-order valence-electron chi connectivity index (χ0n) is 19.6. The number of nitrogens with one attached hydrogen (secondary N) is 1. The van der Waals surface area contributed by atoms with E-state index in [1.807, 2.05) is 56.4 Å². The number of ketones is 1. The first kappa shape index (κ1) is 26.0. The molecule has 0 radical (unpaired) electrons. The van der Waals surface area contributed by atoms with Crippen molar-refractivity contribution in [2.75, 3.05) is 26.0 Å². The molecule has 32 heavy (non-hydrogen) atoms. The summed E-state index contributed by atoms with van der Waals surface area (Å²) in [5, 5.41) is 3.42. The van der Waals surface area contributed by atoms with Crippen molar-refractivity contribution >= 4 is 23.5 Å². The first-order valence-corrected chi connectivity index (χ1v) is 12.3. The number of para-hydroxylation sites is 1. The maximum Gasteiger partial charge on any atom is 0.260 e. The summed E-state index contributed by atoms with van der Waals surface area (Å²) in [6.07, 6.45) is 3.39. The number of hydrogen-bond donors (Lipinski definition) is 1. The molecule has 0 bridgehead atoms. The van der Waals surface area contributed by atoms with Gasteiger partial charge >= 0.3 is 0 Å². The van der Waals surface area contributed by atoms with Crippen molar-refractivity contribution in [1.82, 2.24) is 10.2 Å². The molecule has 2 unspecified atom stereocenters. The number of amides is 1. The molecule has 1 amide bonds. The molecule has 1 N–H and O–H groups in total. The summed E-state index contributed by atoms with van der Waals surface area (Å²) in [6.45, 7) is 6.94. The van der Waals surface area contributed by atoms with Crippen LogP contribution in [0.4, 0.5) is 0 Å². The molecule has 0 fully saturated rings. The monoisotopic (exact) mass is 460 g/mol. The van der Waals surface area contributed by atoms with E-state index in [0.717, 1.165) is 25.1 Å². The maximum absolute atomic E-state index is 12.6. The van der Waals surface area contributed by atoms with Crippen LogP contribution in [0.25, 0.3) is 0 Å². The number of hydrogen-bond acceptors (Lipinski definition) is 6. The highest BCUT2D eigenvalue weighted by Gasteiger charge is 2.22. The predicted octanol–water partition coefficient (Wildman–Crippen LogP) is 4.40. The van der Waals surface area contributed by atoms with Crippen LogP contribution in [-0.2, 0) is 15.3 Å². The van der Waals surface area contributed by atoms with Gasteiger partial charge in [0.05, 0.1) is 23.8 Å². The van der Waals surface area contributed by atoms with Crippen LogP contribution in [0.5, 0.6) is 5.75 Å². The molecule has 0 saturated heterocycles. The second-order valence-corrected chi connectivity index (χ2v) is 9.30. The minimum absolute atomic E-state index is 0.0305. The minimum Gasteiger partial charge on any atom is -0.484 e. The third-order valence-corrected chi connectivity index (χ3v) is 6.38. The van der Waals surface area contributed by atoms with Crippen LogP contribution in [0.15, 0.2) is 53.1 Å². The van der Waals surface area contributed by atoms with Crippen LogP contribution in [0, 0.1) is 5.92 Å². The molecule has 0 aliphatic carbocycles. The molecular formula is C25H36N2O4S. The first-order valence-electron chi connectivity index (χ1n) is 11.2. The Bertz CT molecular complexity index is 796. The summed E-state index contributed by atoms with van der Waals surface area (Å²) < 4.78 is 10.9. The Morgan fingerprint density at radius 2 is 1.88 bits per heavy atom. The van der Waals surface area contributed by atoms with Crippen molar-refractivity contribution < 1.29 is 18.7 Å². The number of Topliss-reactive ketones (excluding diaryl/α,β-unsaturated/α-hetero) is 1. The number of carbonyl (C=O) groups excluding carboxylic acids is 2. The van der Waals surface area contributed by atoms with Gasteiger partial charge < -0.3 is 19.4 Å². The number of benzene rings is 1. The molecule has 0 saturated carbocycles. The Morgan fingerprint density at radius 1 is 1.12 bits per heavy atom.